The van der Waals surface area contributed by atoms with Gasteiger partial charge in [0.05, 0.1) is 28.6 Å². The van der Waals surface area contributed by atoms with Crippen LogP contribution >= 0.6 is 0 Å². The minimum absolute atomic E-state index is 0.00522. The summed E-state index contributed by atoms with van der Waals surface area (Å²) in [5.74, 6) is -0.564. The predicted molar refractivity (Wildman–Crippen MR) is 123 cm³/mol. The molecule has 4 rings (SSSR count). The van der Waals surface area contributed by atoms with Gasteiger partial charge in [0.25, 0.3) is 0 Å². The van der Waals surface area contributed by atoms with E-state index < -0.39 is 15.8 Å². The standard InChI is InChI=1S/C23H26FN5O3S/c24-20-13-17(16-25)3-5-22(20)28-9-11-29(12-10-28)23(30)15-18-14-19(33(26,31)32)4-6-21(18)27-7-1-2-8-27/h3-6,13-14H,1-2,7-12,15H2,(H2,26,31,32). The number of hydrogen-bond acceptors (Lipinski definition) is 6. The molecule has 2 saturated heterocycles. The van der Waals surface area contributed by atoms with Gasteiger partial charge in [-0.2, -0.15) is 5.26 Å². The van der Waals surface area contributed by atoms with Crippen molar-refractivity contribution in [2.75, 3.05) is 49.1 Å². The smallest absolute Gasteiger partial charge is 0.238 e. The van der Waals surface area contributed by atoms with E-state index in [1.54, 1.807) is 23.1 Å². The molecule has 1 amide bonds. The Morgan fingerprint density at radius 3 is 2.21 bits per heavy atom. The van der Waals surface area contributed by atoms with Crippen molar-refractivity contribution >= 4 is 27.3 Å². The number of rotatable bonds is 5. The van der Waals surface area contributed by atoms with E-state index in [9.17, 15) is 17.6 Å². The fraction of sp³-hybridized carbons (Fsp3) is 0.391. The van der Waals surface area contributed by atoms with E-state index >= 15 is 0 Å². The highest BCUT2D eigenvalue weighted by atomic mass is 32.2. The van der Waals surface area contributed by atoms with E-state index in [1.807, 2.05) is 11.0 Å². The van der Waals surface area contributed by atoms with Crippen molar-refractivity contribution < 1.29 is 17.6 Å². The Kier molecular flexibility index (Phi) is 6.54. The topological polar surface area (TPSA) is 111 Å². The molecule has 2 N–H and O–H groups in total. The first kappa shape index (κ1) is 23.0. The number of halogens is 1. The summed E-state index contributed by atoms with van der Waals surface area (Å²) < 4.78 is 38.1. The molecule has 0 spiro atoms. The average molecular weight is 472 g/mol. The number of benzene rings is 2. The molecule has 2 aromatic carbocycles. The third kappa shape index (κ3) is 5.10. The highest BCUT2D eigenvalue weighted by Gasteiger charge is 2.25. The summed E-state index contributed by atoms with van der Waals surface area (Å²) in [4.78, 5) is 18.8. The molecule has 33 heavy (non-hydrogen) atoms. The summed E-state index contributed by atoms with van der Waals surface area (Å²) >= 11 is 0. The minimum atomic E-state index is -3.88. The number of nitrogens with two attached hydrogens (primary N) is 1. The van der Waals surface area contributed by atoms with E-state index in [1.165, 1.54) is 18.2 Å². The largest absolute Gasteiger partial charge is 0.371 e. The molecular formula is C23H26FN5O3S. The van der Waals surface area contributed by atoms with Gasteiger partial charge in [-0.05, 0) is 54.8 Å². The van der Waals surface area contributed by atoms with Gasteiger partial charge in [0.2, 0.25) is 15.9 Å². The van der Waals surface area contributed by atoms with E-state index in [4.69, 9.17) is 10.4 Å². The number of sulfonamides is 1. The summed E-state index contributed by atoms with van der Waals surface area (Å²) in [6.07, 6.45) is 2.18. The summed E-state index contributed by atoms with van der Waals surface area (Å²) in [7, 11) is -3.88. The van der Waals surface area contributed by atoms with Gasteiger partial charge in [-0.25, -0.2) is 17.9 Å². The zero-order chi connectivity index (χ0) is 23.6. The Labute approximate surface area is 193 Å². The van der Waals surface area contributed by atoms with Crippen LogP contribution in [0.15, 0.2) is 41.3 Å². The molecule has 10 heteroatoms. The Bertz CT molecular complexity index is 1200. The fourth-order valence-corrected chi connectivity index (χ4v) is 5.02. The second-order valence-electron chi connectivity index (χ2n) is 8.35. The molecule has 0 bridgehead atoms. The third-order valence-corrected chi connectivity index (χ3v) is 7.13. The minimum Gasteiger partial charge on any atom is -0.371 e. The van der Waals surface area contributed by atoms with Crippen LogP contribution in [0.4, 0.5) is 15.8 Å². The first-order valence-electron chi connectivity index (χ1n) is 10.9. The van der Waals surface area contributed by atoms with Gasteiger partial charge in [-0.1, -0.05) is 0 Å². The molecule has 0 atom stereocenters. The first-order chi connectivity index (χ1) is 15.8. The Hall–Kier alpha value is -3.16. The van der Waals surface area contributed by atoms with Crippen molar-refractivity contribution in [2.45, 2.75) is 24.2 Å². The first-order valence-corrected chi connectivity index (χ1v) is 12.4. The molecule has 8 nitrogen and oxygen atoms in total. The van der Waals surface area contributed by atoms with Crippen molar-refractivity contribution in [3.8, 4) is 6.07 Å². The molecular weight excluding hydrogens is 445 g/mol. The van der Waals surface area contributed by atoms with E-state index in [0.717, 1.165) is 31.6 Å². The molecule has 0 radical (unpaired) electrons. The molecule has 2 heterocycles. The lowest BCUT2D eigenvalue weighted by molar-refractivity contribution is -0.130. The number of hydrogen-bond donors (Lipinski definition) is 1. The lowest BCUT2D eigenvalue weighted by Crippen LogP contribution is -2.49. The number of anilines is 2. The van der Waals surface area contributed by atoms with Gasteiger partial charge >= 0.3 is 0 Å². The second-order valence-corrected chi connectivity index (χ2v) is 9.91. The van der Waals surface area contributed by atoms with Gasteiger partial charge in [0.15, 0.2) is 0 Å². The molecule has 174 valence electrons. The van der Waals surface area contributed by atoms with Crippen LogP contribution in [0.3, 0.4) is 0 Å². The molecule has 2 aliphatic rings. The van der Waals surface area contributed by atoms with Gasteiger partial charge in [0, 0.05) is 45.0 Å². The highest BCUT2D eigenvalue weighted by Crippen LogP contribution is 2.28. The Morgan fingerprint density at radius 2 is 1.61 bits per heavy atom. The molecule has 0 unspecified atom stereocenters. The molecule has 0 aliphatic carbocycles. The summed E-state index contributed by atoms with van der Waals surface area (Å²) in [5, 5.41) is 14.2. The van der Waals surface area contributed by atoms with Crippen LogP contribution in [0.2, 0.25) is 0 Å². The Morgan fingerprint density at radius 1 is 0.970 bits per heavy atom. The van der Waals surface area contributed by atoms with Crippen molar-refractivity contribution in [1.82, 2.24) is 4.90 Å². The van der Waals surface area contributed by atoms with Crippen LogP contribution < -0.4 is 14.9 Å². The third-order valence-electron chi connectivity index (χ3n) is 6.22. The van der Waals surface area contributed by atoms with Gasteiger partial charge < -0.3 is 14.7 Å². The number of primary sulfonamides is 1. The van der Waals surface area contributed by atoms with E-state index in [0.29, 0.717) is 37.4 Å². The highest BCUT2D eigenvalue weighted by molar-refractivity contribution is 7.89. The van der Waals surface area contributed by atoms with Crippen molar-refractivity contribution in [3.63, 3.8) is 0 Å². The maximum absolute atomic E-state index is 14.4. The Balaban J connectivity index is 1.47. The van der Waals surface area contributed by atoms with Crippen LogP contribution in [0.5, 0.6) is 0 Å². The van der Waals surface area contributed by atoms with E-state index in [2.05, 4.69) is 4.90 Å². The van der Waals surface area contributed by atoms with Crippen molar-refractivity contribution in [3.05, 3.63) is 53.3 Å². The predicted octanol–water partition coefficient (Wildman–Crippen LogP) is 1.84. The van der Waals surface area contributed by atoms with Gasteiger partial charge in [0.1, 0.15) is 5.82 Å². The lowest BCUT2D eigenvalue weighted by Gasteiger charge is -2.36. The SMILES string of the molecule is N#Cc1ccc(N2CCN(C(=O)Cc3cc(S(N)(=O)=O)ccc3N3CCCC3)CC2)c(F)c1. The lowest BCUT2D eigenvalue weighted by atomic mass is 10.1. The quantitative estimate of drug-likeness (QED) is 0.712. The average Bonchev–Trinajstić information content (AvgIpc) is 3.33. The summed E-state index contributed by atoms with van der Waals surface area (Å²) in [6.45, 7) is 3.50. The van der Waals surface area contributed by atoms with Gasteiger partial charge in [-0.3, -0.25) is 4.79 Å². The van der Waals surface area contributed by atoms with Crippen molar-refractivity contribution in [1.29, 1.82) is 5.26 Å². The van der Waals surface area contributed by atoms with Crippen LogP contribution in [-0.2, 0) is 21.2 Å². The van der Waals surface area contributed by atoms with Crippen LogP contribution in [0.1, 0.15) is 24.0 Å². The second kappa shape index (κ2) is 9.37. The molecule has 2 aliphatic heterocycles. The number of piperazine rings is 1. The van der Waals surface area contributed by atoms with E-state index in [-0.39, 0.29) is 22.8 Å². The normalized spacial score (nSPS) is 16.7. The van der Waals surface area contributed by atoms with Crippen LogP contribution in [0.25, 0.3) is 0 Å². The van der Waals surface area contributed by atoms with Crippen molar-refractivity contribution in [2.24, 2.45) is 5.14 Å². The maximum atomic E-state index is 14.4. The van der Waals surface area contributed by atoms with Crippen LogP contribution in [-0.4, -0.2) is 58.5 Å². The fourth-order valence-electron chi connectivity index (χ4n) is 4.45. The molecule has 0 saturated carbocycles. The van der Waals surface area contributed by atoms with Gasteiger partial charge in [-0.15, -0.1) is 0 Å². The zero-order valence-electron chi connectivity index (χ0n) is 18.2. The summed E-state index contributed by atoms with van der Waals surface area (Å²) in [6, 6.07) is 11.0. The molecule has 0 aromatic heterocycles. The summed E-state index contributed by atoms with van der Waals surface area (Å²) in [5.41, 5.74) is 2.19. The zero-order valence-corrected chi connectivity index (χ0v) is 19.0. The monoisotopic (exact) mass is 471 g/mol. The maximum Gasteiger partial charge on any atom is 0.238 e. The molecule has 2 aromatic rings. The molecule has 2 fully saturated rings. The number of nitrogens with zero attached hydrogens (tertiary/aromatic N) is 4. The number of amides is 1. The number of carbonyl (C=O) groups is 1. The number of carbonyl (C=O) groups excluding carboxylic acids is 1. The van der Waals surface area contributed by atoms with Crippen LogP contribution in [0, 0.1) is 17.1 Å². The number of nitriles is 1.